The van der Waals surface area contributed by atoms with Gasteiger partial charge in [-0.3, -0.25) is 0 Å². The van der Waals surface area contributed by atoms with Crippen molar-refractivity contribution in [3.8, 4) is 0 Å². The zero-order valence-electron chi connectivity index (χ0n) is 8.74. The van der Waals surface area contributed by atoms with Crippen LogP contribution in [0.1, 0.15) is 11.3 Å². The number of nitrogens with zero attached hydrogens (tertiary/aromatic N) is 2. The van der Waals surface area contributed by atoms with Crippen LogP contribution >= 0.6 is 11.3 Å². The van der Waals surface area contributed by atoms with Gasteiger partial charge in [0.05, 0.1) is 5.75 Å². The van der Waals surface area contributed by atoms with Gasteiger partial charge in [0, 0.05) is 23.7 Å². The largest absolute Gasteiger partial charge is 0.478 e. The van der Waals surface area contributed by atoms with Crippen LogP contribution < -0.4 is 4.31 Å². The van der Waals surface area contributed by atoms with Crippen molar-refractivity contribution in [1.29, 1.82) is 0 Å². The average molecular weight is 274 g/mol. The normalized spacial score (nSPS) is 18.9. The third-order valence-electron chi connectivity index (χ3n) is 2.21. The number of carboxylic acids is 1. The fourth-order valence-corrected chi connectivity index (χ4v) is 4.09. The highest BCUT2D eigenvalue weighted by Crippen LogP contribution is 2.28. The first-order valence-electron chi connectivity index (χ1n) is 4.86. The maximum absolute atomic E-state index is 11.6. The zero-order chi connectivity index (χ0) is 12.5. The Morgan fingerprint density at radius 2 is 2.35 bits per heavy atom. The first-order valence-corrected chi connectivity index (χ1v) is 7.29. The van der Waals surface area contributed by atoms with Crippen molar-refractivity contribution >= 4 is 38.5 Å². The van der Waals surface area contributed by atoms with Gasteiger partial charge in [-0.25, -0.2) is 22.5 Å². The summed E-state index contributed by atoms with van der Waals surface area (Å²) in [6.07, 6.45) is 4.46. The van der Waals surface area contributed by atoms with E-state index in [1.54, 1.807) is 0 Å². The molecule has 0 aromatic carbocycles. The van der Waals surface area contributed by atoms with Crippen LogP contribution in [0.4, 0.5) is 5.13 Å². The highest BCUT2D eigenvalue weighted by molar-refractivity contribution is 7.93. The lowest BCUT2D eigenvalue weighted by atomic mass is 10.4. The van der Waals surface area contributed by atoms with Crippen molar-refractivity contribution in [2.75, 3.05) is 16.6 Å². The summed E-state index contributed by atoms with van der Waals surface area (Å²) in [7, 11) is -3.22. The first kappa shape index (κ1) is 12.1. The van der Waals surface area contributed by atoms with E-state index < -0.39 is 16.0 Å². The van der Waals surface area contributed by atoms with Gasteiger partial charge < -0.3 is 5.11 Å². The van der Waals surface area contributed by atoms with Crippen molar-refractivity contribution in [1.82, 2.24) is 4.98 Å². The molecule has 1 N–H and O–H groups in total. The maximum atomic E-state index is 11.6. The molecule has 0 atom stereocenters. The van der Waals surface area contributed by atoms with Gasteiger partial charge in [-0.15, -0.1) is 0 Å². The molecule has 0 amide bonds. The Bertz CT molecular complexity index is 561. The molecule has 6 nitrogen and oxygen atoms in total. The zero-order valence-corrected chi connectivity index (χ0v) is 10.4. The second kappa shape index (κ2) is 4.46. The number of anilines is 1. The SMILES string of the molecule is O=C(O)C=Cc1cnc(N2CCCS2(=O)=O)s1. The van der Waals surface area contributed by atoms with Gasteiger partial charge in [-0.1, -0.05) is 11.3 Å². The van der Waals surface area contributed by atoms with E-state index in [1.807, 2.05) is 0 Å². The molecular formula is C9H10N2O4S2. The predicted molar refractivity (Wildman–Crippen MR) is 64.5 cm³/mol. The molecule has 0 radical (unpaired) electrons. The minimum absolute atomic E-state index is 0.146. The molecule has 92 valence electrons. The number of carboxylic acid groups (broad SMARTS) is 1. The molecule has 1 aromatic rings. The van der Waals surface area contributed by atoms with E-state index in [1.165, 1.54) is 16.6 Å². The standard InChI is InChI=1S/C9H10N2O4S2/c12-8(13)3-2-7-6-10-9(16-7)11-4-1-5-17(11,14)15/h2-3,6H,1,4-5H2,(H,12,13). The Morgan fingerprint density at radius 1 is 1.59 bits per heavy atom. The summed E-state index contributed by atoms with van der Waals surface area (Å²) in [5.74, 6) is -0.902. The number of hydrogen-bond acceptors (Lipinski definition) is 5. The minimum atomic E-state index is -3.22. The molecule has 1 aliphatic heterocycles. The van der Waals surface area contributed by atoms with Crippen LogP contribution in [0.15, 0.2) is 12.3 Å². The molecule has 17 heavy (non-hydrogen) atoms. The van der Waals surface area contributed by atoms with Gasteiger partial charge in [-0.2, -0.15) is 0 Å². The highest BCUT2D eigenvalue weighted by Gasteiger charge is 2.30. The van der Waals surface area contributed by atoms with E-state index in [4.69, 9.17) is 5.11 Å². The van der Waals surface area contributed by atoms with E-state index in [0.717, 1.165) is 17.4 Å². The number of rotatable bonds is 3. The number of hydrogen-bond donors (Lipinski definition) is 1. The summed E-state index contributed by atoms with van der Waals surface area (Å²) in [5.41, 5.74) is 0. The monoisotopic (exact) mass is 274 g/mol. The number of aliphatic carboxylic acids is 1. The van der Waals surface area contributed by atoms with Crippen LogP contribution in [-0.2, 0) is 14.8 Å². The van der Waals surface area contributed by atoms with Gasteiger partial charge in [0.25, 0.3) is 0 Å². The van der Waals surface area contributed by atoms with Gasteiger partial charge in [0.2, 0.25) is 10.0 Å². The van der Waals surface area contributed by atoms with Crippen molar-refractivity contribution in [2.45, 2.75) is 6.42 Å². The van der Waals surface area contributed by atoms with E-state index in [9.17, 15) is 13.2 Å². The van der Waals surface area contributed by atoms with Crippen LogP contribution in [0.5, 0.6) is 0 Å². The van der Waals surface area contributed by atoms with Crippen molar-refractivity contribution < 1.29 is 18.3 Å². The van der Waals surface area contributed by atoms with Gasteiger partial charge >= 0.3 is 5.97 Å². The van der Waals surface area contributed by atoms with E-state index >= 15 is 0 Å². The summed E-state index contributed by atoms with van der Waals surface area (Å²) < 4.78 is 24.5. The molecule has 2 rings (SSSR count). The smallest absolute Gasteiger partial charge is 0.328 e. The Hall–Kier alpha value is -1.41. The second-order valence-electron chi connectivity index (χ2n) is 3.46. The Balaban J connectivity index is 2.22. The number of carbonyl (C=O) groups is 1. The van der Waals surface area contributed by atoms with Crippen molar-refractivity contribution in [2.24, 2.45) is 0 Å². The van der Waals surface area contributed by atoms with Gasteiger partial charge in [-0.05, 0) is 12.5 Å². The Morgan fingerprint density at radius 3 is 2.94 bits per heavy atom. The topological polar surface area (TPSA) is 87.6 Å². The van der Waals surface area contributed by atoms with E-state index in [2.05, 4.69) is 4.98 Å². The number of sulfonamides is 1. The molecule has 0 saturated carbocycles. The van der Waals surface area contributed by atoms with Crippen LogP contribution in [0.25, 0.3) is 6.08 Å². The second-order valence-corrected chi connectivity index (χ2v) is 6.51. The fraction of sp³-hybridized carbons (Fsp3) is 0.333. The number of aromatic nitrogens is 1. The summed E-state index contributed by atoms with van der Waals surface area (Å²) in [6, 6.07) is 0. The first-order chi connectivity index (χ1) is 7.99. The van der Waals surface area contributed by atoms with Crippen molar-refractivity contribution in [3.63, 3.8) is 0 Å². The minimum Gasteiger partial charge on any atom is -0.478 e. The van der Waals surface area contributed by atoms with E-state index in [-0.39, 0.29) is 5.75 Å². The third-order valence-corrected chi connectivity index (χ3v) is 5.15. The third kappa shape index (κ3) is 2.64. The van der Waals surface area contributed by atoms with E-state index in [0.29, 0.717) is 23.0 Å². The van der Waals surface area contributed by atoms with Crippen LogP contribution in [0.3, 0.4) is 0 Å². The Kier molecular flexibility index (Phi) is 3.16. The molecule has 1 fully saturated rings. The molecule has 0 unspecified atom stereocenters. The summed E-state index contributed by atoms with van der Waals surface area (Å²) >= 11 is 1.16. The average Bonchev–Trinajstić information content (AvgIpc) is 2.80. The van der Waals surface area contributed by atoms with Crippen molar-refractivity contribution in [3.05, 3.63) is 17.2 Å². The van der Waals surface area contributed by atoms with Crippen LogP contribution in [0.2, 0.25) is 0 Å². The quantitative estimate of drug-likeness (QED) is 0.823. The Labute approximate surface area is 102 Å². The molecular weight excluding hydrogens is 264 g/mol. The maximum Gasteiger partial charge on any atom is 0.328 e. The molecule has 1 aromatic heterocycles. The summed E-state index contributed by atoms with van der Waals surface area (Å²) in [6.45, 7) is 0.442. The molecule has 0 aliphatic carbocycles. The molecule has 0 bridgehead atoms. The molecule has 2 heterocycles. The fourth-order valence-electron chi connectivity index (χ4n) is 1.48. The highest BCUT2D eigenvalue weighted by atomic mass is 32.2. The molecule has 1 aliphatic rings. The van der Waals surface area contributed by atoms with Crippen LogP contribution in [0, 0.1) is 0 Å². The lowest BCUT2D eigenvalue weighted by molar-refractivity contribution is -0.131. The lowest BCUT2D eigenvalue weighted by Crippen LogP contribution is -2.24. The summed E-state index contributed by atoms with van der Waals surface area (Å²) in [4.78, 5) is 14.9. The lowest BCUT2D eigenvalue weighted by Gasteiger charge is -2.11. The molecule has 8 heteroatoms. The van der Waals surface area contributed by atoms with Gasteiger partial charge in [0.15, 0.2) is 5.13 Å². The van der Waals surface area contributed by atoms with Gasteiger partial charge in [0.1, 0.15) is 0 Å². The summed E-state index contributed by atoms with van der Waals surface area (Å²) in [5, 5.41) is 8.86. The molecule has 1 saturated heterocycles. The number of thiazole rings is 1. The predicted octanol–water partition coefficient (Wildman–Crippen LogP) is 0.781. The van der Waals surface area contributed by atoms with Crippen LogP contribution in [-0.4, -0.2) is 36.8 Å². The molecule has 0 spiro atoms.